The van der Waals surface area contributed by atoms with Crippen molar-refractivity contribution in [2.45, 2.75) is 33.1 Å². The lowest BCUT2D eigenvalue weighted by molar-refractivity contribution is 0.171. The normalized spacial score (nSPS) is 17.8. The molecule has 0 saturated carbocycles. The summed E-state index contributed by atoms with van der Waals surface area (Å²) in [5.41, 5.74) is 1.35. The zero-order valence-corrected chi connectivity index (χ0v) is 12.2. The van der Waals surface area contributed by atoms with Crippen LogP contribution in [0.25, 0.3) is 0 Å². The van der Waals surface area contributed by atoms with Gasteiger partial charge in [0.2, 0.25) is 0 Å². The van der Waals surface area contributed by atoms with Gasteiger partial charge in [-0.2, -0.15) is 0 Å². The molecule has 0 bridgehead atoms. The lowest BCUT2D eigenvalue weighted by Gasteiger charge is -2.19. The van der Waals surface area contributed by atoms with E-state index in [9.17, 15) is 0 Å². The fourth-order valence-corrected chi connectivity index (χ4v) is 2.54. The van der Waals surface area contributed by atoms with Gasteiger partial charge in [0.05, 0.1) is 0 Å². The second kappa shape index (κ2) is 7.39. The number of ether oxygens (including phenoxy) is 2. The summed E-state index contributed by atoms with van der Waals surface area (Å²) in [6.07, 6.45) is 3.83. The monoisotopic (exact) mass is 263 g/mol. The Balaban J connectivity index is 0.000000637. The Morgan fingerprint density at radius 3 is 2.42 bits per heavy atom. The van der Waals surface area contributed by atoms with Crippen LogP contribution < -0.4 is 9.47 Å². The van der Waals surface area contributed by atoms with Gasteiger partial charge >= 0.3 is 0 Å². The van der Waals surface area contributed by atoms with Crippen LogP contribution in [0, 0.1) is 0 Å². The number of fused-ring (bicyclic) bond motifs is 1. The molecule has 2 heterocycles. The molecule has 0 aromatic heterocycles. The first-order chi connectivity index (χ1) is 9.42. The summed E-state index contributed by atoms with van der Waals surface area (Å²) in [5.74, 6) is 1.80. The predicted octanol–water partition coefficient (Wildman–Crippen LogP) is 3.12. The molecule has 3 heteroatoms. The van der Waals surface area contributed by atoms with E-state index in [0.29, 0.717) is 13.2 Å². The molecule has 0 atom stereocenters. The summed E-state index contributed by atoms with van der Waals surface area (Å²) in [4.78, 5) is 2.54. The van der Waals surface area contributed by atoms with Gasteiger partial charge in [-0.1, -0.05) is 19.9 Å². The van der Waals surface area contributed by atoms with Crippen LogP contribution in [0.5, 0.6) is 11.5 Å². The molecule has 2 aliphatic heterocycles. The molecule has 1 saturated heterocycles. The van der Waals surface area contributed by atoms with Crippen molar-refractivity contribution in [3.63, 3.8) is 0 Å². The van der Waals surface area contributed by atoms with Gasteiger partial charge in [-0.3, -0.25) is 0 Å². The number of rotatable bonds is 3. The van der Waals surface area contributed by atoms with Crippen molar-refractivity contribution in [1.29, 1.82) is 0 Å². The molecule has 0 amide bonds. The van der Waals surface area contributed by atoms with Crippen LogP contribution in [-0.2, 0) is 6.42 Å². The second-order valence-electron chi connectivity index (χ2n) is 4.78. The zero-order valence-electron chi connectivity index (χ0n) is 12.2. The maximum absolute atomic E-state index is 5.60. The molecular weight excluding hydrogens is 238 g/mol. The van der Waals surface area contributed by atoms with Gasteiger partial charge in [-0.25, -0.2) is 0 Å². The first-order valence-electron chi connectivity index (χ1n) is 7.53. The van der Waals surface area contributed by atoms with E-state index in [-0.39, 0.29) is 0 Å². The summed E-state index contributed by atoms with van der Waals surface area (Å²) in [6.45, 7) is 9.04. The first kappa shape index (κ1) is 14.2. The van der Waals surface area contributed by atoms with Crippen molar-refractivity contribution < 1.29 is 9.47 Å². The van der Waals surface area contributed by atoms with Crippen LogP contribution in [0.2, 0.25) is 0 Å². The molecule has 1 aromatic carbocycles. The van der Waals surface area contributed by atoms with Crippen molar-refractivity contribution in [2.75, 3.05) is 32.8 Å². The van der Waals surface area contributed by atoms with Crippen molar-refractivity contribution >= 4 is 0 Å². The highest BCUT2D eigenvalue weighted by atomic mass is 16.6. The topological polar surface area (TPSA) is 21.7 Å². The van der Waals surface area contributed by atoms with E-state index in [1.54, 1.807) is 0 Å². The fraction of sp³-hybridized carbons (Fsp3) is 0.625. The van der Waals surface area contributed by atoms with Crippen LogP contribution in [-0.4, -0.2) is 37.7 Å². The van der Waals surface area contributed by atoms with Gasteiger partial charge in [-0.05, 0) is 50.0 Å². The minimum Gasteiger partial charge on any atom is -0.486 e. The minimum atomic E-state index is 0.667. The van der Waals surface area contributed by atoms with E-state index in [4.69, 9.17) is 9.47 Å². The van der Waals surface area contributed by atoms with Crippen molar-refractivity contribution in [3.05, 3.63) is 23.8 Å². The number of nitrogens with zero attached hydrogens (tertiary/aromatic N) is 1. The van der Waals surface area contributed by atoms with Gasteiger partial charge in [0.25, 0.3) is 0 Å². The maximum atomic E-state index is 5.60. The van der Waals surface area contributed by atoms with E-state index >= 15 is 0 Å². The molecule has 1 fully saturated rings. The number of benzene rings is 1. The van der Waals surface area contributed by atoms with Crippen LogP contribution in [0.3, 0.4) is 0 Å². The van der Waals surface area contributed by atoms with Gasteiger partial charge in [-0.15, -0.1) is 0 Å². The molecule has 2 aliphatic rings. The average molecular weight is 263 g/mol. The lowest BCUT2D eigenvalue weighted by atomic mass is 10.1. The summed E-state index contributed by atoms with van der Waals surface area (Å²) in [7, 11) is 0. The van der Waals surface area contributed by atoms with Gasteiger partial charge in [0.1, 0.15) is 13.2 Å². The van der Waals surface area contributed by atoms with Gasteiger partial charge in [0, 0.05) is 6.54 Å². The molecular formula is C16H25NO2. The third-order valence-electron chi connectivity index (χ3n) is 3.52. The Labute approximate surface area is 116 Å². The third kappa shape index (κ3) is 3.87. The SMILES string of the molecule is CC.c1cc2c(cc1CCN1CCCC1)OCCO2. The highest BCUT2D eigenvalue weighted by Crippen LogP contribution is 2.30. The Morgan fingerprint density at radius 2 is 1.68 bits per heavy atom. The quantitative estimate of drug-likeness (QED) is 0.836. The van der Waals surface area contributed by atoms with Crippen molar-refractivity contribution in [2.24, 2.45) is 0 Å². The third-order valence-corrected chi connectivity index (χ3v) is 3.52. The molecule has 0 radical (unpaired) electrons. The van der Waals surface area contributed by atoms with Gasteiger partial charge < -0.3 is 14.4 Å². The van der Waals surface area contributed by atoms with Crippen LogP contribution in [0.15, 0.2) is 18.2 Å². The molecule has 0 unspecified atom stereocenters. The summed E-state index contributed by atoms with van der Waals surface area (Å²) in [5, 5.41) is 0. The van der Waals surface area contributed by atoms with E-state index < -0.39 is 0 Å². The Kier molecular flexibility index (Phi) is 5.52. The van der Waals surface area contributed by atoms with Crippen LogP contribution in [0.1, 0.15) is 32.3 Å². The zero-order chi connectivity index (χ0) is 13.5. The Bertz CT molecular complexity index is 386. The molecule has 1 aromatic rings. The first-order valence-corrected chi connectivity index (χ1v) is 7.53. The number of likely N-dealkylation sites (tertiary alicyclic amines) is 1. The molecule has 0 N–H and O–H groups in total. The van der Waals surface area contributed by atoms with E-state index in [2.05, 4.69) is 17.0 Å². The average Bonchev–Trinajstić information content (AvgIpc) is 3.00. The number of hydrogen-bond donors (Lipinski definition) is 0. The minimum absolute atomic E-state index is 0.667. The molecule has 0 spiro atoms. The van der Waals surface area contributed by atoms with E-state index in [1.165, 1.54) is 38.0 Å². The molecule has 0 aliphatic carbocycles. The van der Waals surface area contributed by atoms with E-state index in [0.717, 1.165) is 17.9 Å². The highest BCUT2D eigenvalue weighted by Gasteiger charge is 2.13. The fourth-order valence-electron chi connectivity index (χ4n) is 2.54. The highest BCUT2D eigenvalue weighted by molar-refractivity contribution is 5.43. The standard InChI is InChI=1S/C14H19NO2.C2H6/c1-2-7-15(6-1)8-5-12-3-4-13-14(11-12)17-10-9-16-13;1-2/h3-4,11H,1-2,5-10H2;1-2H3. The summed E-state index contributed by atoms with van der Waals surface area (Å²) in [6, 6.07) is 6.32. The van der Waals surface area contributed by atoms with Gasteiger partial charge in [0.15, 0.2) is 11.5 Å². The molecule has 3 nitrogen and oxygen atoms in total. The number of hydrogen-bond acceptors (Lipinski definition) is 3. The Hall–Kier alpha value is -1.22. The lowest BCUT2D eigenvalue weighted by Crippen LogP contribution is -2.22. The molecule has 19 heavy (non-hydrogen) atoms. The van der Waals surface area contributed by atoms with Crippen molar-refractivity contribution in [1.82, 2.24) is 4.90 Å². The summed E-state index contributed by atoms with van der Waals surface area (Å²) < 4.78 is 11.1. The summed E-state index contributed by atoms with van der Waals surface area (Å²) >= 11 is 0. The molecule has 3 rings (SSSR count). The predicted molar refractivity (Wildman–Crippen MR) is 78.2 cm³/mol. The van der Waals surface area contributed by atoms with Crippen LogP contribution >= 0.6 is 0 Å². The largest absolute Gasteiger partial charge is 0.486 e. The maximum Gasteiger partial charge on any atom is 0.161 e. The van der Waals surface area contributed by atoms with E-state index in [1.807, 2.05) is 19.9 Å². The second-order valence-corrected chi connectivity index (χ2v) is 4.78. The molecule has 106 valence electrons. The Morgan fingerprint density at radius 1 is 1.00 bits per heavy atom. The smallest absolute Gasteiger partial charge is 0.161 e. The van der Waals surface area contributed by atoms with Crippen LogP contribution in [0.4, 0.5) is 0 Å². The van der Waals surface area contributed by atoms with Crippen molar-refractivity contribution in [3.8, 4) is 11.5 Å².